The van der Waals surface area contributed by atoms with Crippen molar-refractivity contribution in [2.45, 2.75) is 6.42 Å². The Morgan fingerprint density at radius 2 is 1.91 bits per heavy atom. The molecule has 0 aromatic heterocycles. The van der Waals surface area contributed by atoms with Crippen molar-refractivity contribution in [1.29, 1.82) is 0 Å². The first kappa shape index (κ1) is 11.4. The van der Waals surface area contributed by atoms with Gasteiger partial charge in [-0.05, 0) is 20.5 Å². The van der Waals surface area contributed by atoms with E-state index in [2.05, 4.69) is 4.90 Å². The molecule has 0 aliphatic heterocycles. The summed E-state index contributed by atoms with van der Waals surface area (Å²) in [5.74, 6) is 0. The van der Waals surface area contributed by atoms with Crippen molar-refractivity contribution in [3.05, 3.63) is 0 Å². The Bertz CT molecular complexity index is 80.8. The molecule has 3 nitrogen and oxygen atoms in total. The number of rotatable bonds is 7. The van der Waals surface area contributed by atoms with Crippen LogP contribution in [-0.4, -0.2) is 62.0 Å². The Hall–Kier alpha value is 0.412. The molecule has 0 saturated heterocycles. The average molecular weight is 175 g/mol. The smallest absolute Gasteiger partial charge is 0.410 e. The lowest BCUT2D eigenvalue weighted by atomic mass is 10.5. The van der Waals surface area contributed by atoms with Gasteiger partial charge in [0, 0.05) is 19.8 Å². The molecule has 0 fully saturated rings. The summed E-state index contributed by atoms with van der Waals surface area (Å²) in [7, 11) is 4.09. The zero-order chi connectivity index (χ0) is 8.53. The van der Waals surface area contributed by atoms with Crippen LogP contribution in [0.3, 0.4) is 0 Å². The molecular formula is C7H18AlNO2. The Morgan fingerprint density at radius 3 is 2.45 bits per heavy atom. The van der Waals surface area contributed by atoms with Crippen LogP contribution < -0.4 is 0 Å². The summed E-state index contributed by atoms with van der Waals surface area (Å²) in [5, 5.41) is 0. The van der Waals surface area contributed by atoms with Crippen molar-refractivity contribution >= 4 is 16.6 Å². The summed E-state index contributed by atoms with van der Waals surface area (Å²) in [6.45, 7) is 3.51. The zero-order valence-corrected chi connectivity index (χ0v) is 9.80. The van der Waals surface area contributed by atoms with E-state index in [1.807, 2.05) is 14.1 Å². The van der Waals surface area contributed by atoms with Crippen LogP contribution in [0.2, 0.25) is 0 Å². The predicted octanol–water partition coefficient (Wildman–Crippen LogP) is -0.481. The van der Waals surface area contributed by atoms with Gasteiger partial charge in [0.25, 0.3) is 0 Å². The first-order chi connectivity index (χ1) is 5.27. The molecule has 0 aliphatic carbocycles. The molecule has 11 heavy (non-hydrogen) atoms. The third-order valence-electron chi connectivity index (χ3n) is 1.32. The maximum atomic E-state index is 5.34. The highest BCUT2D eigenvalue weighted by molar-refractivity contribution is 5.97. The van der Waals surface area contributed by atoms with Gasteiger partial charge in [-0.25, -0.2) is 0 Å². The number of hydrogen-bond acceptors (Lipinski definition) is 3. The third-order valence-corrected chi connectivity index (χ3v) is 1.73. The monoisotopic (exact) mass is 175 g/mol. The van der Waals surface area contributed by atoms with Crippen molar-refractivity contribution in [3.8, 4) is 0 Å². The Balaban J connectivity index is 2.80. The van der Waals surface area contributed by atoms with Crippen molar-refractivity contribution in [3.63, 3.8) is 0 Å². The first-order valence-corrected chi connectivity index (χ1v) is 4.80. The molecule has 66 valence electrons. The molecule has 0 spiro atoms. The lowest BCUT2D eigenvalue weighted by Gasteiger charge is -2.09. The fourth-order valence-electron chi connectivity index (χ4n) is 0.655. The molecule has 0 unspecified atom stereocenters. The lowest BCUT2D eigenvalue weighted by Crippen LogP contribution is -2.18. The quantitative estimate of drug-likeness (QED) is 0.385. The van der Waals surface area contributed by atoms with E-state index in [4.69, 9.17) is 8.53 Å². The van der Waals surface area contributed by atoms with Gasteiger partial charge in [-0.1, -0.05) is 0 Å². The number of nitrogens with zero attached hydrogens (tertiary/aromatic N) is 1. The summed E-state index contributed by atoms with van der Waals surface area (Å²) in [5.41, 5.74) is 0. The molecule has 0 radical (unpaired) electrons. The second-order valence-electron chi connectivity index (χ2n) is 2.76. The van der Waals surface area contributed by atoms with Gasteiger partial charge in [0.05, 0.1) is 6.61 Å². The Morgan fingerprint density at radius 1 is 1.18 bits per heavy atom. The molecule has 0 heterocycles. The van der Waals surface area contributed by atoms with Crippen LogP contribution >= 0.6 is 0 Å². The van der Waals surface area contributed by atoms with Crippen LogP contribution in [0.5, 0.6) is 0 Å². The minimum Gasteiger partial charge on any atom is -0.506 e. The molecule has 0 atom stereocenters. The van der Waals surface area contributed by atoms with Crippen LogP contribution in [0, 0.1) is 0 Å². The van der Waals surface area contributed by atoms with Gasteiger partial charge in [0.2, 0.25) is 0 Å². The van der Waals surface area contributed by atoms with E-state index in [0.29, 0.717) is 0 Å². The van der Waals surface area contributed by atoms with E-state index in [1.165, 1.54) is 0 Å². The largest absolute Gasteiger partial charge is 0.506 e. The fraction of sp³-hybridized carbons (Fsp3) is 1.00. The standard InChI is InChI=1S/C7H16NO2.Al.2H/c1-8(2)4-7-10-6-3-5-9;;;/h3-7H2,1-2H3;;;/q-1;+1;;. The fourth-order valence-corrected chi connectivity index (χ4v) is 0.943. The highest BCUT2D eigenvalue weighted by Gasteiger charge is 1.90. The molecule has 0 rings (SSSR count). The van der Waals surface area contributed by atoms with Crippen LogP contribution in [0.4, 0.5) is 0 Å². The lowest BCUT2D eigenvalue weighted by molar-refractivity contribution is 0.107. The van der Waals surface area contributed by atoms with E-state index in [0.717, 1.165) is 49.4 Å². The van der Waals surface area contributed by atoms with Crippen LogP contribution in [0.25, 0.3) is 0 Å². The first-order valence-electron chi connectivity index (χ1n) is 3.98. The number of ether oxygens (including phenoxy) is 1. The second-order valence-corrected chi connectivity index (χ2v) is 3.34. The molecule has 0 aliphatic rings. The van der Waals surface area contributed by atoms with Gasteiger partial charge in [-0.15, -0.1) is 0 Å². The molecule has 4 heteroatoms. The van der Waals surface area contributed by atoms with Gasteiger partial charge in [-0.2, -0.15) is 0 Å². The molecular weight excluding hydrogens is 157 g/mol. The van der Waals surface area contributed by atoms with E-state index in [9.17, 15) is 0 Å². The predicted molar refractivity (Wildman–Crippen MR) is 48.5 cm³/mol. The van der Waals surface area contributed by atoms with Crippen LogP contribution in [-0.2, 0) is 8.53 Å². The summed E-state index contributed by atoms with van der Waals surface area (Å²) < 4.78 is 10.4. The normalized spacial score (nSPS) is 10.8. The molecule has 0 saturated carbocycles. The zero-order valence-electron chi connectivity index (χ0n) is 7.80. The summed E-state index contributed by atoms with van der Waals surface area (Å²) in [6.07, 6.45) is 1.02. The van der Waals surface area contributed by atoms with Gasteiger partial charge < -0.3 is 13.4 Å². The number of hydrogen-bond donors (Lipinski definition) is 0. The van der Waals surface area contributed by atoms with E-state index in [1.54, 1.807) is 0 Å². The van der Waals surface area contributed by atoms with Crippen LogP contribution in [0.15, 0.2) is 0 Å². The van der Waals surface area contributed by atoms with Crippen molar-refractivity contribution in [2.24, 2.45) is 0 Å². The topological polar surface area (TPSA) is 21.7 Å². The van der Waals surface area contributed by atoms with Gasteiger partial charge >= 0.3 is 16.6 Å². The maximum absolute atomic E-state index is 5.34. The average Bonchev–Trinajstić information content (AvgIpc) is 1.96. The Kier molecular flexibility index (Phi) is 8.83. The third kappa shape index (κ3) is 10.4. The van der Waals surface area contributed by atoms with E-state index in [-0.39, 0.29) is 0 Å². The summed E-state index contributed by atoms with van der Waals surface area (Å²) in [6, 6.07) is 0. The van der Waals surface area contributed by atoms with Gasteiger partial charge in [0.15, 0.2) is 0 Å². The van der Waals surface area contributed by atoms with Crippen LogP contribution in [0.1, 0.15) is 6.42 Å². The highest BCUT2D eigenvalue weighted by atomic mass is 27.1. The second kappa shape index (κ2) is 8.51. The van der Waals surface area contributed by atoms with Crippen molar-refractivity contribution in [1.82, 2.24) is 4.90 Å². The number of likely N-dealkylation sites (N-methyl/N-ethyl adjacent to an activating group) is 1. The molecule has 0 aromatic rings. The van der Waals surface area contributed by atoms with Crippen molar-refractivity contribution in [2.75, 3.05) is 40.5 Å². The molecule has 0 aromatic carbocycles. The highest BCUT2D eigenvalue weighted by Crippen LogP contribution is 1.83. The van der Waals surface area contributed by atoms with Gasteiger partial charge in [0.1, 0.15) is 0 Å². The van der Waals surface area contributed by atoms with Gasteiger partial charge in [-0.3, -0.25) is 0 Å². The Labute approximate surface area is 77.4 Å². The summed E-state index contributed by atoms with van der Waals surface area (Å²) >= 11 is 0.842. The minimum absolute atomic E-state index is 0.828. The molecule has 0 N–H and O–H groups in total. The maximum Gasteiger partial charge on any atom is 0.410 e. The van der Waals surface area contributed by atoms with E-state index < -0.39 is 0 Å². The molecule has 0 bridgehead atoms. The summed E-state index contributed by atoms with van der Waals surface area (Å²) in [4.78, 5) is 2.11. The molecule has 0 amide bonds. The SMILES string of the molecule is CN(C)CCOCCC[O][AlH2]. The van der Waals surface area contributed by atoms with E-state index >= 15 is 0 Å². The minimum atomic E-state index is 0.828. The van der Waals surface area contributed by atoms with Crippen molar-refractivity contribution < 1.29 is 8.53 Å².